The third kappa shape index (κ3) is 3.48. The van der Waals surface area contributed by atoms with Crippen molar-refractivity contribution in [1.29, 1.82) is 5.26 Å². The molecule has 0 radical (unpaired) electrons. The molecule has 1 heterocycles. The first-order chi connectivity index (χ1) is 11.7. The Labute approximate surface area is 143 Å². The van der Waals surface area contributed by atoms with Gasteiger partial charge in [-0.05, 0) is 43.7 Å². The van der Waals surface area contributed by atoms with Gasteiger partial charge in [-0.1, -0.05) is 12.8 Å². The van der Waals surface area contributed by atoms with Gasteiger partial charge in [-0.15, -0.1) is 0 Å². The maximum absolute atomic E-state index is 12.7. The Hall–Kier alpha value is -2.22. The lowest BCUT2D eigenvalue weighted by Gasteiger charge is -2.44. The van der Waals surface area contributed by atoms with E-state index in [1.165, 1.54) is 32.8 Å². The molecule has 0 unspecified atom stereocenters. The molecule has 0 aromatic heterocycles. The standard InChI is InChI=1S/C19H24N2O3/c1-23-18-11-14(12-20)8-9-17(18)24-13-19(22)21-10-4-6-15-5-2-3-7-16(15)21/h8-9,11,15-16H,2-7,10,13H2,1H3/t15-,16+/m1/s1. The van der Waals surface area contributed by atoms with Crippen LogP contribution in [-0.4, -0.2) is 37.1 Å². The average Bonchev–Trinajstić information content (AvgIpc) is 2.65. The van der Waals surface area contributed by atoms with Gasteiger partial charge in [0.25, 0.3) is 5.91 Å². The number of nitriles is 1. The molecule has 2 fully saturated rings. The number of piperidine rings is 1. The van der Waals surface area contributed by atoms with Gasteiger partial charge in [0.05, 0.1) is 18.7 Å². The van der Waals surface area contributed by atoms with E-state index in [9.17, 15) is 4.79 Å². The Bertz CT molecular complexity index is 636. The van der Waals surface area contributed by atoms with Crippen molar-refractivity contribution in [2.75, 3.05) is 20.3 Å². The molecule has 1 aliphatic heterocycles. The van der Waals surface area contributed by atoms with Crippen LogP contribution >= 0.6 is 0 Å². The molecule has 1 saturated heterocycles. The number of likely N-dealkylation sites (tertiary alicyclic amines) is 1. The molecule has 0 bridgehead atoms. The Balaban J connectivity index is 1.64. The highest BCUT2D eigenvalue weighted by Crippen LogP contribution is 2.35. The number of rotatable bonds is 4. The van der Waals surface area contributed by atoms with Crippen LogP contribution in [0.2, 0.25) is 0 Å². The van der Waals surface area contributed by atoms with Crippen molar-refractivity contribution < 1.29 is 14.3 Å². The van der Waals surface area contributed by atoms with Gasteiger partial charge in [-0.3, -0.25) is 4.79 Å². The Kier molecular flexibility index (Phi) is 5.24. The van der Waals surface area contributed by atoms with Crippen LogP contribution in [0.5, 0.6) is 11.5 Å². The molecule has 24 heavy (non-hydrogen) atoms. The van der Waals surface area contributed by atoms with Gasteiger partial charge in [0.2, 0.25) is 0 Å². The second-order valence-corrected chi connectivity index (χ2v) is 6.61. The third-order valence-electron chi connectivity index (χ3n) is 5.21. The number of benzene rings is 1. The van der Waals surface area contributed by atoms with E-state index in [-0.39, 0.29) is 12.5 Å². The number of hydrogen-bond donors (Lipinski definition) is 0. The maximum Gasteiger partial charge on any atom is 0.260 e. The van der Waals surface area contributed by atoms with Crippen LogP contribution in [0.25, 0.3) is 0 Å². The van der Waals surface area contributed by atoms with Gasteiger partial charge in [0.15, 0.2) is 18.1 Å². The number of amides is 1. The first kappa shape index (κ1) is 16.6. The van der Waals surface area contributed by atoms with E-state index in [2.05, 4.69) is 6.07 Å². The van der Waals surface area contributed by atoms with Gasteiger partial charge in [0.1, 0.15) is 0 Å². The van der Waals surface area contributed by atoms with Crippen molar-refractivity contribution >= 4 is 5.91 Å². The Morgan fingerprint density at radius 1 is 1.25 bits per heavy atom. The summed E-state index contributed by atoms with van der Waals surface area (Å²) in [6, 6.07) is 7.44. The molecule has 1 aromatic rings. The summed E-state index contributed by atoms with van der Waals surface area (Å²) in [5, 5.41) is 8.94. The van der Waals surface area contributed by atoms with Crippen molar-refractivity contribution in [1.82, 2.24) is 4.90 Å². The smallest absolute Gasteiger partial charge is 0.260 e. The fraction of sp³-hybridized carbons (Fsp3) is 0.579. The molecule has 3 rings (SSSR count). The minimum atomic E-state index is 0.0193. The topological polar surface area (TPSA) is 62.6 Å². The fourth-order valence-electron chi connectivity index (χ4n) is 4.01. The number of carbonyl (C=O) groups is 1. The lowest BCUT2D eigenvalue weighted by Crippen LogP contribution is -2.51. The summed E-state index contributed by atoms with van der Waals surface area (Å²) in [6.07, 6.45) is 7.22. The lowest BCUT2D eigenvalue weighted by atomic mass is 9.78. The zero-order valence-electron chi connectivity index (χ0n) is 14.2. The van der Waals surface area contributed by atoms with Crippen molar-refractivity contribution in [3.05, 3.63) is 23.8 Å². The largest absolute Gasteiger partial charge is 0.493 e. The lowest BCUT2D eigenvalue weighted by molar-refractivity contribution is -0.139. The second kappa shape index (κ2) is 7.57. The minimum Gasteiger partial charge on any atom is -0.493 e. The molecule has 1 aromatic carbocycles. The van der Waals surface area contributed by atoms with E-state index in [0.29, 0.717) is 29.0 Å². The van der Waals surface area contributed by atoms with Crippen LogP contribution in [0.4, 0.5) is 0 Å². The summed E-state index contributed by atoms with van der Waals surface area (Å²) in [7, 11) is 1.53. The van der Waals surface area contributed by atoms with Gasteiger partial charge < -0.3 is 14.4 Å². The summed E-state index contributed by atoms with van der Waals surface area (Å²) in [6.45, 7) is 0.860. The number of fused-ring (bicyclic) bond motifs is 1. The van der Waals surface area contributed by atoms with Crippen LogP contribution in [0.15, 0.2) is 18.2 Å². The van der Waals surface area contributed by atoms with Crippen molar-refractivity contribution in [3.63, 3.8) is 0 Å². The zero-order chi connectivity index (χ0) is 16.9. The highest BCUT2D eigenvalue weighted by atomic mass is 16.5. The molecule has 128 valence electrons. The van der Waals surface area contributed by atoms with E-state index < -0.39 is 0 Å². The predicted molar refractivity (Wildman–Crippen MR) is 89.9 cm³/mol. The highest BCUT2D eigenvalue weighted by Gasteiger charge is 2.35. The van der Waals surface area contributed by atoms with Crippen molar-refractivity contribution in [2.45, 2.75) is 44.6 Å². The normalized spacial score (nSPS) is 23.1. The zero-order valence-corrected chi connectivity index (χ0v) is 14.2. The average molecular weight is 328 g/mol. The van der Waals surface area contributed by atoms with Crippen LogP contribution in [0.1, 0.15) is 44.1 Å². The molecule has 1 amide bonds. The molecular weight excluding hydrogens is 304 g/mol. The summed E-state index contributed by atoms with van der Waals surface area (Å²) in [4.78, 5) is 14.7. The molecule has 1 saturated carbocycles. The molecule has 5 nitrogen and oxygen atoms in total. The number of nitrogens with zero attached hydrogens (tertiary/aromatic N) is 2. The number of ether oxygens (including phenoxy) is 2. The molecule has 2 aliphatic rings. The van der Waals surface area contributed by atoms with Crippen LogP contribution < -0.4 is 9.47 Å². The van der Waals surface area contributed by atoms with Crippen molar-refractivity contribution in [2.24, 2.45) is 5.92 Å². The Morgan fingerprint density at radius 2 is 2.04 bits per heavy atom. The predicted octanol–water partition coefficient (Wildman–Crippen LogP) is 3.13. The van der Waals surface area contributed by atoms with Crippen LogP contribution in [0, 0.1) is 17.2 Å². The van der Waals surface area contributed by atoms with Gasteiger partial charge in [-0.2, -0.15) is 5.26 Å². The number of methoxy groups -OCH3 is 1. The molecule has 0 N–H and O–H groups in total. The quantitative estimate of drug-likeness (QED) is 0.852. The SMILES string of the molecule is COc1cc(C#N)ccc1OCC(=O)N1CCC[C@H]2CCCC[C@@H]21. The molecule has 0 spiro atoms. The van der Waals surface area contributed by atoms with Crippen molar-refractivity contribution in [3.8, 4) is 17.6 Å². The number of hydrogen-bond acceptors (Lipinski definition) is 4. The molecule has 1 aliphatic carbocycles. The van der Waals surface area contributed by atoms with Crippen LogP contribution in [0.3, 0.4) is 0 Å². The Morgan fingerprint density at radius 3 is 2.83 bits per heavy atom. The van der Waals surface area contributed by atoms with Gasteiger partial charge in [0, 0.05) is 18.7 Å². The molecular formula is C19H24N2O3. The first-order valence-corrected chi connectivity index (χ1v) is 8.73. The highest BCUT2D eigenvalue weighted by molar-refractivity contribution is 5.78. The third-order valence-corrected chi connectivity index (χ3v) is 5.21. The summed E-state index contributed by atoms with van der Waals surface area (Å²) in [5.41, 5.74) is 0.506. The minimum absolute atomic E-state index is 0.0193. The molecule has 2 atom stereocenters. The number of carbonyl (C=O) groups excluding carboxylic acids is 1. The summed E-state index contributed by atoms with van der Waals surface area (Å²) in [5.74, 6) is 1.71. The first-order valence-electron chi connectivity index (χ1n) is 8.73. The van der Waals surface area contributed by atoms with E-state index in [4.69, 9.17) is 14.7 Å². The second-order valence-electron chi connectivity index (χ2n) is 6.61. The van der Waals surface area contributed by atoms with E-state index in [0.717, 1.165) is 19.4 Å². The summed E-state index contributed by atoms with van der Waals surface area (Å²) >= 11 is 0. The maximum atomic E-state index is 12.7. The fourth-order valence-corrected chi connectivity index (χ4v) is 4.01. The molecule has 5 heteroatoms. The summed E-state index contributed by atoms with van der Waals surface area (Å²) < 4.78 is 10.9. The van der Waals surface area contributed by atoms with E-state index >= 15 is 0 Å². The van der Waals surface area contributed by atoms with Gasteiger partial charge in [-0.25, -0.2) is 0 Å². The van der Waals surface area contributed by atoms with E-state index in [1.807, 2.05) is 4.90 Å². The monoisotopic (exact) mass is 328 g/mol. The van der Waals surface area contributed by atoms with Gasteiger partial charge >= 0.3 is 0 Å². The van der Waals surface area contributed by atoms with E-state index in [1.54, 1.807) is 18.2 Å². The van der Waals surface area contributed by atoms with Crippen LogP contribution in [-0.2, 0) is 4.79 Å².